The minimum atomic E-state index is -0.526. The molecule has 108 valence electrons. The molecule has 0 fully saturated rings. The van der Waals surface area contributed by atoms with Crippen LogP contribution in [-0.2, 0) is 0 Å². The topological polar surface area (TPSA) is 41.5 Å². The van der Waals surface area contributed by atoms with Gasteiger partial charge in [0.1, 0.15) is 18.9 Å². The Kier molecular flexibility index (Phi) is 6.42. The second-order valence-electron chi connectivity index (χ2n) is 5.58. The molecule has 2 N–H and O–H groups in total. The molecule has 5 heteroatoms. The van der Waals surface area contributed by atoms with Gasteiger partial charge < -0.3 is 19.6 Å². The lowest BCUT2D eigenvalue weighted by Gasteiger charge is -2.23. The Balaban J connectivity index is 2.35. The van der Waals surface area contributed by atoms with Crippen LogP contribution in [-0.4, -0.2) is 62.4 Å². The number of aliphatic hydroxyl groups excluding tert-OH is 1. The number of ether oxygens (including phenoxy) is 1. The number of hydrogen-bond acceptors (Lipinski definition) is 3. The van der Waals surface area contributed by atoms with Gasteiger partial charge in [0, 0.05) is 12.2 Å². The zero-order chi connectivity index (χ0) is 14.3. The van der Waals surface area contributed by atoms with Gasteiger partial charge in [-0.3, -0.25) is 0 Å². The first kappa shape index (κ1) is 16.1. The van der Waals surface area contributed by atoms with Gasteiger partial charge in [-0.15, -0.1) is 11.6 Å². The van der Waals surface area contributed by atoms with E-state index in [4.69, 9.17) is 16.3 Å². The van der Waals surface area contributed by atoms with Crippen LogP contribution in [0.25, 0.3) is 0 Å². The lowest BCUT2D eigenvalue weighted by Crippen LogP contribution is -2.38. The standard InChI is InChI=1S/C14H24ClN2O2/c1-17(2,3)8-9-19-14-6-4-12(5-7-14)16-11-13(18)10-15/h4-7,13,16,18H,8-11H2,1-3H3/q+1. The molecule has 0 heterocycles. The van der Waals surface area contributed by atoms with Gasteiger partial charge in [0.05, 0.1) is 33.1 Å². The van der Waals surface area contributed by atoms with Crippen LogP contribution in [0.2, 0.25) is 0 Å². The van der Waals surface area contributed by atoms with Crippen molar-refractivity contribution in [2.75, 3.05) is 52.0 Å². The summed E-state index contributed by atoms with van der Waals surface area (Å²) in [5.41, 5.74) is 0.947. The van der Waals surface area contributed by atoms with Crippen LogP contribution in [0, 0.1) is 0 Å². The fourth-order valence-corrected chi connectivity index (χ4v) is 1.51. The molecule has 0 saturated heterocycles. The van der Waals surface area contributed by atoms with Gasteiger partial charge in [-0.1, -0.05) is 0 Å². The van der Waals surface area contributed by atoms with Gasteiger partial charge in [0.2, 0.25) is 0 Å². The predicted molar refractivity (Wildman–Crippen MR) is 80.1 cm³/mol. The summed E-state index contributed by atoms with van der Waals surface area (Å²) < 4.78 is 6.55. The van der Waals surface area contributed by atoms with E-state index in [2.05, 4.69) is 26.5 Å². The minimum Gasteiger partial charge on any atom is -0.488 e. The third-order valence-corrected chi connectivity index (χ3v) is 2.96. The molecule has 0 radical (unpaired) electrons. The smallest absolute Gasteiger partial charge is 0.137 e. The fourth-order valence-electron chi connectivity index (χ4n) is 1.40. The Morgan fingerprint density at radius 1 is 1.26 bits per heavy atom. The van der Waals surface area contributed by atoms with Crippen LogP contribution in [0.15, 0.2) is 24.3 Å². The van der Waals surface area contributed by atoms with Crippen molar-refractivity contribution in [2.45, 2.75) is 6.10 Å². The van der Waals surface area contributed by atoms with Crippen molar-refractivity contribution in [1.29, 1.82) is 0 Å². The highest BCUT2D eigenvalue weighted by Gasteiger charge is 2.06. The fraction of sp³-hybridized carbons (Fsp3) is 0.571. The molecule has 1 atom stereocenters. The van der Waals surface area contributed by atoms with Crippen molar-refractivity contribution in [2.24, 2.45) is 0 Å². The normalized spacial score (nSPS) is 13.1. The monoisotopic (exact) mass is 287 g/mol. The minimum absolute atomic E-state index is 0.235. The molecule has 0 bridgehead atoms. The highest BCUT2D eigenvalue weighted by atomic mass is 35.5. The van der Waals surface area contributed by atoms with Crippen molar-refractivity contribution < 1.29 is 14.3 Å². The zero-order valence-corrected chi connectivity index (χ0v) is 12.7. The molecule has 0 aromatic heterocycles. The SMILES string of the molecule is C[N+](C)(C)CCOc1ccc(NCC(O)CCl)cc1. The van der Waals surface area contributed by atoms with Crippen molar-refractivity contribution in [3.8, 4) is 5.75 Å². The van der Waals surface area contributed by atoms with Gasteiger partial charge in [-0.05, 0) is 24.3 Å². The molecule has 0 amide bonds. The maximum absolute atomic E-state index is 9.35. The Morgan fingerprint density at radius 2 is 1.89 bits per heavy atom. The average molecular weight is 288 g/mol. The van der Waals surface area contributed by atoms with E-state index < -0.39 is 6.10 Å². The van der Waals surface area contributed by atoms with E-state index in [1.807, 2.05) is 24.3 Å². The molecular weight excluding hydrogens is 264 g/mol. The number of halogens is 1. The molecule has 0 aliphatic rings. The Labute approximate surface area is 120 Å². The number of nitrogens with zero attached hydrogens (tertiary/aromatic N) is 1. The van der Waals surface area contributed by atoms with Crippen molar-refractivity contribution in [3.05, 3.63) is 24.3 Å². The summed E-state index contributed by atoms with van der Waals surface area (Å²) in [5.74, 6) is 1.09. The Hall–Kier alpha value is -0.970. The number of benzene rings is 1. The largest absolute Gasteiger partial charge is 0.488 e. The van der Waals surface area contributed by atoms with Crippen LogP contribution >= 0.6 is 11.6 Å². The summed E-state index contributed by atoms with van der Waals surface area (Å²) in [6, 6.07) is 7.71. The van der Waals surface area contributed by atoms with Crippen molar-refractivity contribution in [3.63, 3.8) is 0 Å². The van der Waals surface area contributed by atoms with Crippen molar-refractivity contribution in [1.82, 2.24) is 0 Å². The highest BCUT2D eigenvalue weighted by Crippen LogP contribution is 2.15. The molecule has 1 aromatic rings. The van der Waals surface area contributed by atoms with Crippen LogP contribution < -0.4 is 10.1 Å². The molecule has 0 spiro atoms. The van der Waals surface area contributed by atoms with Gasteiger partial charge >= 0.3 is 0 Å². The Bertz CT molecular complexity index is 363. The van der Waals surface area contributed by atoms with E-state index in [1.165, 1.54) is 0 Å². The first-order valence-electron chi connectivity index (χ1n) is 6.42. The second kappa shape index (κ2) is 7.58. The first-order chi connectivity index (χ1) is 8.90. The molecule has 1 unspecified atom stereocenters. The van der Waals surface area contributed by atoms with E-state index in [0.717, 1.165) is 22.5 Å². The number of rotatable bonds is 8. The predicted octanol–water partition coefficient (Wildman–Crippen LogP) is 1.78. The molecular formula is C14H24ClN2O2+. The van der Waals surface area contributed by atoms with Gasteiger partial charge in [0.25, 0.3) is 0 Å². The van der Waals surface area contributed by atoms with Crippen molar-refractivity contribution >= 4 is 17.3 Å². The number of likely N-dealkylation sites (N-methyl/N-ethyl adjacent to an activating group) is 1. The lowest BCUT2D eigenvalue weighted by atomic mass is 10.3. The maximum atomic E-state index is 9.35. The van der Waals surface area contributed by atoms with Crippen LogP contribution in [0.3, 0.4) is 0 Å². The summed E-state index contributed by atoms with van der Waals surface area (Å²) >= 11 is 5.53. The van der Waals surface area contributed by atoms with Crippen LogP contribution in [0.5, 0.6) is 5.75 Å². The first-order valence-corrected chi connectivity index (χ1v) is 6.95. The number of quaternary nitrogens is 1. The molecule has 0 saturated carbocycles. The number of anilines is 1. The average Bonchev–Trinajstić information content (AvgIpc) is 2.36. The summed E-state index contributed by atoms with van der Waals surface area (Å²) in [5, 5.41) is 12.5. The summed E-state index contributed by atoms with van der Waals surface area (Å²) in [7, 11) is 6.41. The van der Waals surface area contributed by atoms with Gasteiger partial charge in [0.15, 0.2) is 0 Å². The summed E-state index contributed by atoms with van der Waals surface area (Å²) in [6.45, 7) is 2.11. The van der Waals surface area contributed by atoms with E-state index >= 15 is 0 Å². The van der Waals surface area contributed by atoms with E-state index in [-0.39, 0.29) is 5.88 Å². The molecule has 4 nitrogen and oxygen atoms in total. The molecule has 19 heavy (non-hydrogen) atoms. The molecule has 0 aliphatic carbocycles. The summed E-state index contributed by atoms with van der Waals surface area (Å²) in [4.78, 5) is 0. The molecule has 1 rings (SSSR count). The molecule has 0 aliphatic heterocycles. The Morgan fingerprint density at radius 3 is 2.42 bits per heavy atom. The van der Waals surface area contributed by atoms with E-state index in [1.54, 1.807) is 0 Å². The number of hydrogen-bond donors (Lipinski definition) is 2. The zero-order valence-electron chi connectivity index (χ0n) is 11.9. The van der Waals surface area contributed by atoms with E-state index in [0.29, 0.717) is 13.2 Å². The van der Waals surface area contributed by atoms with Crippen LogP contribution in [0.4, 0.5) is 5.69 Å². The number of aliphatic hydroxyl groups is 1. The van der Waals surface area contributed by atoms with E-state index in [9.17, 15) is 5.11 Å². The third-order valence-electron chi connectivity index (χ3n) is 2.61. The molecule has 1 aromatic carbocycles. The quantitative estimate of drug-likeness (QED) is 0.566. The van der Waals surface area contributed by atoms with Crippen LogP contribution in [0.1, 0.15) is 0 Å². The summed E-state index contributed by atoms with van der Waals surface area (Å²) in [6.07, 6.45) is -0.526. The lowest BCUT2D eigenvalue weighted by molar-refractivity contribution is -0.870. The number of nitrogens with one attached hydrogen (secondary N) is 1. The van der Waals surface area contributed by atoms with Gasteiger partial charge in [-0.2, -0.15) is 0 Å². The highest BCUT2D eigenvalue weighted by molar-refractivity contribution is 6.18. The third kappa shape index (κ3) is 7.25. The van der Waals surface area contributed by atoms with Gasteiger partial charge in [-0.25, -0.2) is 0 Å². The second-order valence-corrected chi connectivity index (χ2v) is 5.88. The maximum Gasteiger partial charge on any atom is 0.137 e. The number of alkyl halides is 1.